The lowest BCUT2D eigenvalue weighted by Gasteiger charge is -2.18. The lowest BCUT2D eigenvalue weighted by atomic mass is 10.3. The quantitative estimate of drug-likeness (QED) is 0.651. The smallest absolute Gasteiger partial charge is 0.0614 e. The molecule has 0 heterocycles. The van der Waals surface area contributed by atoms with Gasteiger partial charge >= 0.3 is 0 Å². The summed E-state index contributed by atoms with van der Waals surface area (Å²) < 4.78 is 0. The third-order valence-electron chi connectivity index (χ3n) is 2.21. The highest BCUT2D eigenvalue weighted by molar-refractivity contribution is 8.03. The zero-order valence-corrected chi connectivity index (χ0v) is 13.1. The highest BCUT2D eigenvalue weighted by Gasteiger charge is 2.19. The largest absolute Gasteiger partial charge is 0.397 e. The fraction of sp³-hybridized carbons (Fsp3) is 0.400. The Morgan fingerprint density at radius 3 is 0.875 bits per heavy atom. The van der Waals surface area contributed by atoms with E-state index in [0.717, 1.165) is 31.0 Å². The van der Waals surface area contributed by atoms with Gasteiger partial charge in [0, 0.05) is 19.6 Å². The first kappa shape index (κ1) is 14.3. The highest BCUT2D eigenvalue weighted by Crippen LogP contribution is 2.48. The Kier molecular flexibility index (Phi) is 5.56. The first-order valence-corrected chi connectivity index (χ1v) is 9.43. The van der Waals surface area contributed by atoms with Gasteiger partial charge in [0.15, 0.2) is 0 Å². The molecule has 0 unspecified atom stereocenters. The number of nitrogens with two attached hydrogens (primary N) is 2. The molecule has 0 spiro atoms. The number of thioether (sulfide) groups is 4. The number of hydrogen-bond donors (Lipinski definition) is 2. The van der Waals surface area contributed by atoms with Crippen molar-refractivity contribution in [1.82, 2.24) is 0 Å². The molecule has 16 heavy (non-hydrogen) atoms. The molecule has 2 nitrogen and oxygen atoms in total. The molecule has 0 aliphatic carbocycles. The van der Waals surface area contributed by atoms with E-state index in [4.69, 9.17) is 11.5 Å². The van der Waals surface area contributed by atoms with Crippen LogP contribution >= 0.6 is 47.0 Å². The molecule has 90 valence electrons. The number of rotatable bonds is 4. The van der Waals surface area contributed by atoms with Crippen molar-refractivity contribution in [3.63, 3.8) is 0 Å². The molecule has 0 saturated carbocycles. The second-order valence-corrected chi connectivity index (χ2v) is 6.23. The van der Waals surface area contributed by atoms with Crippen LogP contribution in [0, 0.1) is 0 Å². The number of anilines is 2. The van der Waals surface area contributed by atoms with Gasteiger partial charge in [-0.05, 0) is 25.0 Å². The zero-order valence-electron chi connectivity index (χ0n) is 9.79. The summed E-state index contributed by atoms with van der Waals surface area (Å²) in [6, 6.07) is 0. The molecule has 0 radical (unpaired) electrons. The van der Waals surface area contributed by atoms with E-state index in [1.54, 1.807) is 47.0 Å². The van der Waals surface area contributed by atoms with Crippen LogP contribution in [0.5, 0.6) is 0 Å². The van der Waals surface area contributed by atoms with Crippen LogP contribution in [0.3, 0.4) is 0 Å². The van der Waals surface area contributed by atoms with Crippen molar-refractivity contribution < 1.29 is 0 Å². The van der Waals surface area contributed by atoms with E-state index >= 15 is 0 Å². The summed E-state index contributed by atoms with van der Waals surface area (Å²) in [5, 5.41) is 0. The third kappa shape index (κ3) is 2.39. The van der Waals surface area contributed by atoms with E-state index in [9.17, 15) is 0 Å². The van der Waals surface area contributed by atoms with Gasteiger partial charge in [-0.3, -0.25) is 0 Å². The molecule has 0 amide bonds. The van der Waals surface area contributed by atoms with Crippen LogP contribution in [-0.2, 0) is 0 Å². The second kappa shape index (κ2) is 6.23. The predicted octanol–water partition coefficient (Wildman–Crippen LogP) is 3.74. The fourth-order valence-corrected chi connectivity index (χ4v) is 5.10. The van der Waals surface area contributed by atoms with Crippen LogP contribution in [0.25, 0.3) is 0 Å². The van der Waals surface area contributed by atoms with Crippen molar-refractivity contribution in [1.29, 1.82) is 0 Å². The molecule has 0 saturated heterocycles. The second-order valence-electron chi connectivity index (χ2n) is 2.96. The van der Waals surface area contributed by atoms with Crippen molar-refractivity contribution in [3.05, 3.63) is 0 Å². The summed E-state index contributed by atoms with van der Waals surface area (Å²) in [5.74, 6) is 0. The number of benzene rings is 1. The Balaban J connectivity index is 3.60. The maximum atomic E-state index is 6.20. The van der Waals surface area contributed by atoms with Crippen LogP contribution in [0.15, 0.2) is 19.6 Å². The van der Waals surface area contributed by atoms with Crippen LogP contribution in [0.2, 0.25) is 0 Å². The molecule has 0 aliphatic rings. The minimum atomic E-state index is 0.864. The Bertz CT molecular complexity index is 323. The summed E-state index contributed by atoms with van der Waals surface area (Å²) >= 11 is 6.64. The average Bonchev–Trinajstić information content (AvgIpc) is 2.30. The van der Waals surface area contributed by atoms with E-state index in [-0.39, 0.29) is 0 Å². The molecule has 0 bridgehead atoms. The van der Waals surface area contributed by atoms with Crippen LogP contribution in [-0.4, -0.2) is 25.0 Å². The van der Waals surface area contributed by atoms with Gasteiger partial charge < -0.3 is 11.5 Å². The van der Waals surface area contributed by atoms with Crippen LogP contribution in [0.4, 0.5) is 11.4 Å². The molecule has 1 rings (SSSR count). The van der Waals surface area contributed by atoms with E-state index in [0.29, 0.717) is 0 Å². The van der Waals surface area contributed by atoms with Gasteiger partial charge in [0.2, 0.25) is 0 Å². The van der Waals surface area contributed by atoms with Gasteiger partial charge in [0.25, 0.3) is 0 Å². The lowest BCUT2D eigenvalue weighted by molar-refractivity contribution is 1.12. The van der Waals surface area contributed by atoms with Gasteiger partial charge in [-0.2, -0.15) is 0 Å². The molecule has 0 fully saturated rings. The summed E-state index contributed by atoms with van der Waals surface area (Å²) in [6.45, 7) is 0. The van der Waals surface area contributed by atoms with E-state index in [1.165, 1.54) is 0 Å². The SMILES string of the molecule is CSc1c(N)c(SC)c(SC)c(N)c1SC. The Labute approximate surface area is 114 Å². The molecule has 4 N–H and O–H groups in total. The normalized spacial score (nSPS) is 10.8. The first-order chi connectivity index (χ1) is 7.62. The lowest BCUT2D eigenvalue weighted by Crippen LogP contribution is -2.01. The maximum absolute atomic E-state index is 6.20. The maximum Gasteiger partial charge on any atom is 0.0614 e. The minimum absolute atomic E-state index is 0.864. The van der Waals surface area contributed by atoms with E-state index in [2.05, 4.69) is 0 Å². The van der Waals surface area contributed by atoms with Gasteiger partial charge in [-0.25, -0.2) is 0 Å². The van der Waals surface area contributed by atoms with Crippen molar-refractivity contribution in [3.8, 4) is 0 Å². The number of hydrogen-bond acceptors (Lipinski definition) is 6. The van der Waals surface area contributed by atoms with E-state index < -0.39 is 0 Å². The molecule has 6 heteroatoms. The van der Waals surface area contributed by atoms with Gasteiger partial charge in [-0.1, -0.05) is 0 Å². The summed E-state index contributed by atoms with van der Waals surface area (Å²) in [4.78, 5) is 4.42. The van der Waals surface area contributed by atoms with Crippen molar-refractivity contribution in [2.45, 2.75) is 19.6 Å². The van der Waals surface area contributed by atoms with Crippen molar-refractivity contribution in [2.24, 2.45) is 0 Å². The summed E-state index contributed by atoms with van der Waals surface area (Å²) in [7, 11) is 0. The highest BCUT2D eigenvalue weighted by atomic mass is 32.2. The fourth-order valence-electron chi connectivity index (χ4n) is 1.51. The minimum Gasteiger partial charge on any atom is -0.397 e. The molecule has 0 aliphatic heterocycles. The molecular formula is C10H16N2S4. The Morgan fingerprint density at radius 1 is 0.562 bits per heavy atom. The first-order valence-electron chi connectivity index (χ1n) is 4.53. The van der Waals surface area contributed by atoms with Gasteiger partial charge in [0.1, 0.15) is 0 Å². The van der Waals surface area contributed by atoms with Crippen molar-refractivity contribution in [2.75, 3.05) is 36.5 Å². The predicted molar refractivity (Wildman–Crippen MR) is 82.4 cm³/mol. The van der Waals surface area contributed by atoms with Crippen LogP contribution in [0.1, 0.15) is 0 Å². The van der Waals surface area contributed by atoms with Crippen LogP contribution < -0.4 is 11.5 Å². The topological polar surface area (TPSA) is 52.0 Å². The molecule has 1 aromatic rings. The summed E-state index contributed by atoms with van der Waals surface area (Å²) in [5.41, 5.74) is 14.1. The monoisotopic (exact) mass is 292 g/mol. The van der Waals surface area contributed by atoms with E-state index in [1.807, 2.05) is 25.0 Å². The zero-order chi connectivity index (χ0) is 12.3. The number of nitrogen functional groups attached to an aromatic ring is 2. The molecular weight excluding hydrogens is 276 g/mol. The third-order valence-corrected chi connectivity index (χ3v) is 5.80. The van der Waals surface area contributed by atoms with Gasteiger partial charge in [0.05, 0.1) is 11.4 Å². The molecule has 0 atom stereocenters. The Hall–Kier alpha value is 0.220. The van der Waals surface area contributed by atoms with Gasteiger partial charge in [-0.15, -0.1) is 47.0 Å². The standard InChI is InChI=1S/C10H16N2S4/c1-13-7-5(11)9(15-3)10(16-4)6(12)8(7)14-2/h11-12H2,1-4H3. The Morgan fingerprint density at radius 2 is 0.750 bits per heavy atom. The summed E-state index contributed by atoms with van der Waals surface area (Å²) in [6.07, 6.45) is 8.14. The average molecular weight is 293 g/mol. The van der Waals surface area contributed by atoms with Crippen molar-refractivity contribution >= 4 is 58.4 Å². The molecule has 1 aromatic carbocycles. The molecule has 0 aromatic heterocycles.